The van der Waals surface area contributed by atoms with Gasteiger partial charge in [0.25, 0.3) is 0 Å². The molecule has 0 aliphatic heterocycles. The van der Waals surface area contributed by atoms with Gasteiger partial charge in [0.15, 0.2) is 6.29 Å². The predicted molar refractivity (Wildman–Crippen MR) is 63.5 cm³/mol. The minimum atomic E-state index is 0.649. The van der Waals surface area contributed by atoms with Gasteiger partial charge in [-0.05, 0) is 19.4 Å². The Kier molecular flexibility index (Phi) is 2.86. The molecule has 0 unspecified atom stereocenters. The number of nitrogens with zero attached hydrogens (tertiary/aromatic N) is 2. The van der Waals surface area contributed by atoms with Crippen LogP contribution in [0.5, 0.6) is 0 Å². The van der Waals surface area contributed by atoms with Gasteiger partial charge in [0.05, 0.1) is 17.5 Å². The monoisotopic (exact) mass is 214 g/mol. The number of aromatic nitrogens is 2. The van der Waals surface area contributed by atoms with Gasteiger partial charge in [-0.25, -0.2) is 0 Å². The number of hydrogen-bond donors (Lipinski definition) is 0. The summed E-state index contributed by atoms with van der Waals surface area (Å²) in [7, 11) is 0. The fourth-order valence-corrected chi connectivity index (χ4v) is 1.86. The minimum Gasteiger partial charge on any atom is -0.298 e. The topological polar surface area (TPSA) is 34.9 Å². The predicted octanol–water partition coefficient (Wildman–Crippen LogP) is 2.69. The summed E-state index contributed by atoms with van der Waals surface area (Å²) in [4.78, 5) is 11.0. The molecule has 0 saturated heterocycles. The molecule has 0 fully saturated rings. The summed E-state index contributed by atoms with van der Waals surface area (Å²) in [6.45, 7) is 4.82. The Balaban J connectivity index is 2.67. The second kappa shape index (κ2) is 4.31. The first-order valence-corrected chi connectivity index (χ1v) is 5.35. The minimum absolute atomic E-state index is 0.649. The molecular formula is C13H14N2O. The summed E-state index contributed by atoms with van der Waals surface area (Å²) in [5.74, 6) is 0. The van der Waals surface area contributed by atoms with Gasteiger partial charge in [-0.2, -0.15) is 5.10 Å². The summed E-state index contributed by atoms with van der Waals surface area (Å²) in [5.41, 5.74) is 3.79. The number of carbonyl (C=O) groups excluding carboxylic acids is 1. The van der Waals surface area contributed by atoms with Crippen LogP contribution < -0.4 is 0 Å². The second-order valence-corrected chi connectivity index (χ2v) is 3.70. The van der Waals surface area contributed by atoms with E-state index in [9.17, 15) is 4.79 Å². The first kappa shape index (κ1) is 10.6. The fraction of sp³-hybridized carbons (Fsp3) is 0.231. The van der Waals surface area contributed by atoms with E-state index in [-0.39, 0.29) is 0 Å². The maximum atomic E-state index is 11.0. The van der Waals surface area contributed by atoms with E-state index in [1.54, 1.807) is 6.20 Å². The van der Waals surface area contributed by atoms with E-state index in [2.05, 4.69) is 5.10 Å². The zero-order valence-electron chi connectivity index (χ0n) is 9.47. The van der Waals surface area contributed by atoms with E-state index < -0.39 is 0 Å². The van der Waals surface area contributed by atoms with E-state index in [4.69, 9.17) is 0 Å². The van der Waals surface area contributed by atoms with Crippen molar-refractivity contribution in [2.45, 2.75) is 20.4 Å². The lowest BCUT2D eigenvalue weighted by atomic mass is 10.0. The highest BCUT2D eigenvalue weighted by Crippen LogP contribution is 2.25. The highest BCUT2D eigenvalue weighted by Gasteiger charge is 2.12. The number of rotatable bonds is 3. The number of carbonyl (C=O) groups is 1. The summed E-state index contributed by atoms with van der Waals surface area (Å²) < 4.78 is 1.85. The SMILES string of the molecule is CCn1ncc(C=O)c1-c1ccccc1C. The molecular weight excluding hydrogens is 200 g/mol. The lowest BCUT2D eigenvalue weighted by Gasteiger charge is -2.08. The molecule has 0 bridgehead atoms. The van der Waals surface area contributed by atoms with Crippen LogP contribution in [0.15, 0.2) is 30.5 Å². The third-order valence-corrected chi connectivity index (χ3v) is 2.69. The van der Waals surface area contributed by atoms with Crippen molar-refractivity contribution in [2.24, 2.45) is 0 Å². The van der Waals surface area contributed by atoms with E-state index in [1.807, 2.05) is 42.8 Å². The standard InChI is InChI=1S/C13H14N2O/c1-3-15-13(11(9-16)8-14-15)12-7-5-4-6-10(12)2/h4-9H,3H2,1-2H3. The second-order valence-electron chi connectivity index (χ2n) is 3.70. The van der Waals surface area contributed by atoms with Crippen molar-refractivity contribution in [3.63, 3.8) is 0 Å². The summed E-state index contributed by atoms with van der Waals surface area (Å²) in [5, 5.41) is 4.21. The quantitative estimate of drug-likeness (QED) is 0.736. The van der Waals surface area contributed by atoms with E-state index in [0.717, 1.165) is 29.7 Å². The van der Waals surface area contributed by atoms with Gasteiger partial charge in [0.1, 0.15) is 0 Å². The van der Waals surface area contributed by atoms with Crippen LogP contribution in [0.1, 0.15) is 22.8 Å². The van der Waals surface area contributed by atoms with Gasteiger partial charge in [-0.15, -0.1) is 0 Å². The maximum Gasteiger partial charge on any atom is 0.153 e. The Labute approximate surface area is 94.7 Å². The van der Waals surface area contributed by atoms with Crippen LogP contribution in [0, 0.1) is 6.92 Å². The van der Waals surface area contributed by atoms with Gasteiger partial charge in [0, 0.05) is 12.1 Å². The Morgan fingerprint density at radius 2 is 2.12 bits per heavy atom. The molecule has 2 aromatic rings. The van der Waals surface area contributed by atoms with Gasteiger partial charge >= 0.3 is 0 Å². The third-order valence-electron chi connectivity index (χ3n) is 2.69. The van der Waals surface area contributed by atoms with Gasteiger partial charge in [-0.3, -0.25) is 9.48 Å². The molecule has 0 aliphatic rings. The summed E-state index contributed by atoms with van der Waals surface area (Å²) >= 11 is 0. The number of hydrogen-bond acceptors (Lipinski definition) is 2. The largest absolute Gasteiger partial charge is 0.298 e. The van der Waals surface area contributed by atoms with Crippen LogP contribution in [0.2, 0.25) is 0 Å². The fourth-order valence-electron chi connectivity index (χ4n) is 1.86. The molecule has 3 nitrogen and oxygen atoms in total. The molecule has 0 spiro atoms. The van der Waals surface area contributed by atoms with Crippen LogP contribution in [-0.4, -0.2) is 16.1 Å². The van der Waals surface area contributed by atoms with Crippen molar-refractivity contribution in [3.05, 3.63) is 41.6 Å². The van der Waals surface area contributed by atoms with Crippen molar-refractivity contribution in [3.8, 4) is 11.3 Å². The van der Waals surface area contributed by atoms with Crippen LogP contribution in [0.4, 0.5) is 0 Å². The first-order chi connectivity index (χ1) is 7.77. The Morgan fingerprint density at radius 1 is 1.38 bits per heavy atom. The molecule has 0 atom stereocenters. The molecule has 2 rings (SSSR count). The first-order valence-electron chi connectivity index (χ1n) is 5.35. The third kappa shape index (κ3) is 1.65. The molecule has 16 heavy (non-hydrogen) atoms. The zero-order chi connectivity index (χ0) is 11.5. The van der Waals surface area contributed by atoms with E-state index in [0.29, 0.717) is 5.56 Å². The molecule has 1 heterocycles. The highest BCUT2D eigenvalue weighted by molar-refractivity contribution is 5.86. The molecule has 0 saturated carbocycles. The normalized spacial score (nSPS) is 10.4. The highest BCUT2D eigenvalue weighted by atomic mass is 16.1. The maximum absolute atomic E-state index is 11.0. The molecule has 3 heteroatoms. The van der Waals surface area contributed by atoms with Crippen molar-refractivity contribution < 1.29 is 4.79 Å². The van der Waals surface area contributed by atoms with Gasteiger partial charge in [-0.1, -0.05) is 24.3 Å². The van der Waals surface area contributed by atoms with Crippen molar-refractivity contribution >= 4 is 6.29 Å². The van der Waals surface area contributed by atoms with Crippen LogP contribution in [-0.2, 0) is 6.54 Å². The van der Waals surface area contributed by atoms with Gasteiger partial charge in [0.2, 0.25) is 0 Å². The number of benzene rings is 1. The zero-order valence-corrected chi connectivity index (χ0v) is 9.47. The average molecular weight is 214 g/mol. The lowest BCUT2D eigenvalue weighted by Crippen LogP contribution is -2.01. The molecule has 0 N–H and O–H groups in total. The van der Waals surface area contributed by atoms with Crippen LogP contribution in [0.25, 0.3) is 11.3 Å². The van der Waals surface area contributed by atoms with E-state index in [1.165, 1.54) is 0 Å². The van der Waals surface area contributed by atoms with Crippen LogP contribution in [0.3, 0.4) is 0 Å². The Hall–Kier alpha value is -1.90. The Morgan fingerprint density at radius 3 is 2.75 bits per heavy atom. The van der Waals surface area contributed by atoms with Crippen molar-refractivity contribution in [2.75, 3.05) is 0 Å². The summed E-state index contributed by atoms with van der Waals surface area (Å²) in [6.07, 6.45) is 2.49. The molecule has 0 amide bonds. The summed E-state index contributed by atoms with van der Waals surface area (Å²) in [6, 6.07) is 8.03. The molecule has 1 aromatic heterocycles. The van der Waals surface area contributed by atoms with Gasteiger partial charge < -0.3 is 0 Å². The molecule has 0 aliphatic carbocycles. The molecule has 1 aromatic carbocycles. The van der Waals surface area contributed by atoms with Crippen molar-refractivity contribution in [1.82, 2.24) is 9.78 Å². The molecule has 0 radical (unpaired) electrons. The average Bonchev–Trinajstić information content (AvgIpc) is 2.72. The smallest absolute Gasteiger partial charge is 0.153 e. The molecule has 82 valence electrons. The number of aldehydes is 1. The lowest BCUT2D eigenvalue weighted by molar-refractivity contribution is 0.112. The van der Waals surface area contributed by atoms with E-state index >= 15 is 0 Å². The number of aryl methyl sites for hydroxylation is 2. The van der Waals surface area contributed by atoms with Crippen molar-refractivity contribution in [1.29, 1.82) is 0 Å². The van der Waals surface area contributed by atoms with Crippen LogP contribution >= 0.6 is 0 Å². The Bertz CT molecular complexity index is 514.